The Kier molecular flexibility index (Phi) is 7.26. The topological polar surface area (TPSA) is 86.8 Å². The SMILES string of the molecule is Cc1cccc(NS(=O)(=O)c2ccc(C)c(C(=O)N3CCN(C(=O)CC4CCCC4)CC3)c2)c1. The number of sulfonamides is 1. The van der Waals surface area contributed by atoms with Gasteiger partial charge in [-0.15, -0.1) is 0 Å². The summed E-state index contributed by atoms with van der Waals surface area (Å²) in [6.45, 7) is 5.63. The van der Waals surface area contributed by atoms with E-state index in [1.54, 1.807) is 36.1 Å². The van der Waals surface area contributed by atoms with Crippen molar-refractivity contribution >= 4 is 27.5 Å². The van der Waals surface area contributed by atoms with Crippen LogP contribution in [0.15, 0.2) is 47.4 Å². The molecule has 0 spiro atoms. The lowest BCUT2D eigenvalue weighted by Gasteiger charge is -2.35. The van der Waals surface area contributed by atoms with Crippen LogP contribution < -0.4 is 4.72 Å². The molecule has 2 amide bonds. The van der Waals surface area contributed by atoms with Gasteiger partial charge in [-0.05, 0) is 68.0 Å². The molecule has 0 aromatic heterocycles. The summed E-state index contributed by atoms with van der Waals surface area (Å²) in [5, 5.41) is 0. The van der Waals surface area contributed by atoms with Gasteiger partial charge < -0.3 is 9.80 Å². The Morgan fingerprint density at radius 1 is 0.941 bits per heavy atom. The molecule has 1 saturated carbocycles. The van der Waals surface area contributed by atoms with Gasteiger partial charge >= 0.3 is 0 Å². The van der Waals surface area contributed by atoms with Crippen LogP contribution in [0.25, 0.3) is 0 Å². The molecular weight excluding hydrogens is 450 g/mol. The highest BCUT2D eigenvalue weighted by molar-refractivity contribution is 7.92. The molecule has 0 atom stereocenters. The Hall–Kier alpha value is -2.87. The third-order valence-corrected chi connectivity index (χ3v) is 8.26. The zero-order valence-electron chi connectivity index (χ0n) is 19.9. The summed E-state index contributed by atoms with van der Waals surface area (Å²) in [5.74, 6) is 0.492. The van der Waals surface area contributed by atoms with Crippen molar-refractivity contribution in [2.75, 3.05) is 30.9 Å². The molecule has 1 heterocycles. The molecule has 2 aromatic rings. The van der Waals surface area contributed by atoms with Crippen molar-refractivity contribution in [3.8, 4) is 0 Å². The predicted molar refractivity (Wildman–Crippen MR) is 132 cm³/mol. The van der Waals surface area contributed by atoms with Crippen molar-refractivity contribution in [3.63, 3.8) is 0 Å². The summed E-state index contributed by atoms with van der Waals surface area (Å²) < 4.78 is 28.5. The molecule has 0 bridgehead atoms. The summed E-state index contributed by atoms with van der Waals surface area (Å²) in [5.41, 5.74) is 2.52. The van der Waals surface area contributed by atoms with Crippen LogP contribution in [0.1, 0.15) is 53.6 Å². The molecule has 0 unspecified atom stereocenters. The third-order valence-electron chi connectivity index (χ3n) is 6.88. The number of amides is 2. The third kappa shape index (κ3) is 5.60. The van der Waals surface area contributed by atoms with E-state index in [1.807, 2.05) is 17.9 Å². The highest BCUT2D eigenvalue weighted by Crippen LogP contribution is 2.28. The molecule has 2 aromatic carbocycles. The van der Waals surface area contributed by atoms with E-state index in [-0.39, 0.29) is 16.7 Å². The van der Waals surface area contributed by atoms with E-state index < -0.39 is 10.0 Å². The molecule has 2 fully saturated rings. The quantitative estimate of drug-likeness (QED) is 0.674. The van der Waals surface area contributed by atoms with Crippen molar-refractivity contribution in [3.05, 3.63) is 59.2 Å². The highest BCUT2D eigenvalue weighted by Gasteiger charge is 2.28. The lowest BCUT2D eigenvalue weighted by molar-refractivity contribution is -0.133. The molecule has 1 aliphatic heterocycles. The number of nitrogens with one attached hydrogen (secondary N) is 1. The van der Waals surface area contributed by atoms with Crippen molar-refractivity contribution < 1.29 is 18.0 Å². The molecule has 1 aliphatic carbocycles. The van der Waals surface area contributed by atoms with E-state index >= 15 is 0 Å². The van der Waals surface area contributed by atoms with Crippen LogP contribution in [0.5, 0.6) is 0 Å². The van der Waals surface area contributed by atoms with Gasteiger partial charge in [0.05, 0.1) is 4.90 Å². The Balaban J connectivity index is 1.42. The van der Waals surface area contributed by atoms with E-state index in [0.29, 0.717) is 49.8 Å². The number of carbonyl (C=O) groups excluding carboxylic acids is 2. The zero-order chi connectivity index (χ0) is 24.3. The summed E-state index contributed by atoms with van der Waals surface area (Å²) in [6, 6.07) is 11.8. The number of piperazine rings is 1. The zero-order valence-corrected chi connectivity index (χ0v) is 20.7. The minimum absolute atomic E-state index is 0.0494. The minimum Gasteiger partial charge on any atom is -0.339 e. The van der Waals surface area contributed by atoms with Crippen molar-refractivity contribution in [2.24, 2.45) is 5.92 Å². The number of hydrogen-bond acceptors (Lipinski definition) is 4. The minimum atomic E-state index is -3.84. The van der Waals surface area contributed by atoms with Gasteiger partial charge in [-0.25, -0.2) is 8.42 Å². The average molecular weight is 484 g/mol. The Morgan fingerprint density at radius 2 is 1.62 bits per heavy atom. The summed E-state index contributed by atoms with van der Waals surface area (Å²) in [7, 11) is -3.84. The van der Waals surface area contributed by atoms with E-state index in [2.05, 4.69) is 4.72 Å². The molecule has 182 valence electrons. The second-order valence-corrected chi connectivity index (χ2v) is 11.2. The van der Waals surface area contributed by atoms with Gasteiger partial charge in [0.25, 0.3) is 15.9 Å². The standard InChI is InChI=1S/C26H33N3O4S/c1-19-6-5-9-22(16-19)27-34(32,33)23-11-10-20(2)24(18-23)26(31)29-14-12-28(13-15-29)25(30)17-21-7-3-4-8-21/h5-6,9-11,16,18,21,27H,3-4,7-8,12-15,17H2,1-2H3. The maximum Gasteiger partial charge on any atom is 0.261 e. The highest BCUT2D eigenvalue weighted by atomic mass is 32.2. The fourth-order valence-corrected chi connectivity index (χ4v) is 5.92. The van der Waals surface area contributed by atoms with E-state index in [1.165, 1.54) is 25.0 Å². The molecule has 1 saturated heterocycles. The van der Waals surface area contributed by atoms with E-state index in [4.69, 9.17) is 0 Å². The Bertz CT molecular complexity index is 1160. The van der Waals surface area contributed by atoms with Gasteiger partial charge in [0.15, 0.2) is 0 Å². The lowest BCUT2D eigenvalue weighted by atomic mass is 10.0. The molecule has 1 N–H and O–H groups in total. The number of hydrogen-bond donors (Lipinski definition) is 1. The van der Waals surface area contributed by atoms with Crippen LogP contribution in [-0.2, 0) is 14.8 Å². The largest absolute Gasteiger partial charge is 0.339 e. The van der Waals surface area contributed by atoms with Gasteiger partial charge in [0, 0.05) is 43.9 Å². The van der Waals surface area contributed by atoms with Gasteiger partial charge in [0.1, 0.15) is 0 Å². The van der Waals surface area contributed by atoms with Crippen LogP contribution in [0.3, 0.4) is 0 Å². The smallest absolute Gasteiger partial charge is 0.261 e. The second kappa shape index (κ2) is 10.2. The van der Waals surface area contributed by atoms with Gasteiger partial charge in [-0.1, -0.05) is 31.0 Å². The lowest BCUT2D eigenvalue weighted by Crippen LogP contribution is -2.51. The molecule has 2 aliphatic rings. The Labute approximate surface area is 202 Å². The monoisotopic (exact) mass is 483 g/mol. The first kappa shape index (κ1) is 24.3. The van der Waals surface area contributed by atoms with Crippen LogP contribution in [0.4, 0.5) is 5.69 Å². The van der Waals surface area contributed by atoms with Crippen LogP contribution in [0.2, 0.25) is 0 Å². The second-order valence-electron chi connectivity index (χ2n) is 9.48. The first-order valence-electron chi connectivity index (χ1n) is 12.0. The van der Waals surface area contributed by atoms with Crippen molar-refractivity contribution in [1.29, 1.82) is 0 Å². The number of rotatable bonds is 6. The summed E-state index contributed by atoms with van der Waals surface area (Å²) in [6.07, 6.45) is 5.33. The van der Waals surface area contributed by atoms with Crippen LogP contribution >= 0.6 is 0 Å². The number of aryl methyl sites for hydroxylation is 2. The van der Waals surface area contributed by atoms with Crippen LogP contribution in [-0.4, -0.2) is 56.2 Å². The first-order valence-corrected chi connectivity index (χ1v) is 13.5. The normalized spacial score (nSPS) is 17.1. The number of nitrogens with zero attached hydrogens (tertiary/aromatic N) is 2. The maximum atomic E-state index is 13.3. The number of benzene rings is 2. The van der Waals surface area contributed by atoms with Crippen molar-refractivity contribution in [2.45, 2.75) is 50.8 Å². The fraction of sp³-hybridized carbons (Fsp3) is 0.462. The number of carbonyl (C=O) groups is 2. The van der Waals surface area contributed by atoms with E-state index in [9.17, 15) is 18.0 Å². The van der Waals surface area contributed by atoms with Gasteiger partial charge in [0.2, 0.25) is 5.91 Å². The summed E-state index contributed by atoms with van der Waals surface area (Å²) >= 11 is 0. The predicted octanol–water partition coefficient (Wildman–Crippen LogP) is 3.97. The van der Waals surface area contributed by atoms with Crippen molar-refractivity contribution in [1.82, 2.24) is 9.80 Å². The molecule has 4 rings (SSSR count). The fourth-order valence-electron chi connectivity index (χ4n) is 4.84. The van der Waals surface area contributed by atoms with Crippen LogP contribution in [0, 0.1) is 19.8 Å². The molecule has 34 heavy (non-hydrogen) atoms. The molecular formula is C26H33N3O4S. The molecule has 8 heteroatoms. The summed E-state index contributed by atoms with van der Waals surface area (Å²) in [4.78, 5) is 29.5. The number of anilines is 1. The maximum absolute atomic E-state index is 13.3. The Morgan fingerprint density at radius 3 is 2.29 bits per heavy atom. The van der Waals surface area contributed by atoms with Gasteiger partial charge in [-0.2, -0.15) is 0 Å². The average Bonchev–Trinajstić information content (AvgIpc) is 3.31. The first-order chi connectivity index (χ1) is 16.2. The van der Waals surface area contributed by atoms with E-state index in [0.717, 1.165) is 24.0 Å². The molecule has 7 nitrogen and oxygen atoms in total. The molecule has 0 radical (unpaired) electrons. The van der Waals surface area contributed by atoms with Gasteiger partial charge in [-0.3, -0.25) is 14.3 Å².